The minimum atomic E-state index is -0.373. The van der Waals surface area contributed by atoms with E-state index in [-0.39, 0.29) is 10.6 Å². The number of benzene rings is 1. The Kier molecular flexibility index (Phi) is 4.72. The summed E-state index contributed by atoms with van der Waals surface area (Å²) in [6.45, 7) is 6.42. The number of anilines is 1. The number of nitro groups is 1. The number of likely N-dealkylation sites (N-methyl/N-ethyl adjacent to an activating group) is 1. The number of nitrogens with zero attached hydrogens (tertiary/aromatic N) is 1. The zero-order valence-corrected chi connectivity index (χ0v) is 9.62. The van der Waals surface area contributed by atoms with Gasteiger partial charge in [0.05, 0.1) is 4.92 Å². The lowest BCUT2D eigenvalue weighted by Gasteiger charge is -2.07. The van der Waals surface area contributed by atoms with Crippen molar-refractivity contribution >= 4 is 11.4 Å². The molecule has 1 aromatic rings. The summed E-state index contributed by atoms with van der Waals surface area (Å²) in [6, 6.07) is 5.02. The van der Waals surface area contributed by atoms with E-state index in [9.17, 15) is 10.1 Å². The van der Waals surface area contributed by atoms with Gasteiger partial charge in [-0.2, -0.15) is 0 Å². The summed E-state index contributed by atoms with van der Waals surface area (Å²) in [4.78, 5) is 10.3. The molecule has 1 aromatic carbocycles. The molecular weight excluding hydrogens is 206 g/mol. The van der Waals surface area contributed by atoms with Crippen LogP contribution in [0.25, 0.3) is 0 Å². The molecule has 16 heavy (non-hydrogen) atoms. The Labute approximate surface area is 95.0 Å². The summed E-state index contributed by atoms with van der Waals surface area (Å²) in [6.07, 6.45) is 0. The molecule has 0 aliphatic heterocycles. The summed E-state index contributed by atoms with van der Waals surface area (Å²) in [7, 11) is 0. The van der Waals surface area contributed by atoms with Crippen LogP contribution in [0.1, 0.15) is 12.5 Å². The zero-order valence-electron chi connectivity index (χ0n) is 9.62. The van der Waals surface area contributed by atoms with Crippen LogP contribution in [-0.2, 0) is 0 Å². The molecular formula is C11H17N3O2. The van der Waals surface area contributed by atoms with Crippen molar-refractivity contribution in [3.63, 3.8) is 0 Å². The number of non-ortho nitro benzene ring substituents is 1. The third kappa shape index (κ3) is 3.86. The summed E-state index contributed by atoms with van der Waals surface area (Å²) in [5, 5.41) is 17.0. The van der Waals surface area contributed by atoms with Crippen LogP contribution in [0.3, 0.4) is 0 Å². The largest absolute Gasteiger partial charge is 0.384 e. The standard InChI is InChI=1S/C11H17N3O2/c1-3-12-4-5-13-10-6-9(2)7-11(8-10)14(15)16/h6-8,12-13H,3-5H2,1-2H3. The first-order valence-corrected chi connectivity index (χ1v) is 5.34. The maximum absolute atomic E-state index is 10.6. The molecule has 0 saturated heterocycles. The number of hydrogen-bond donors (Lipinski definition) is 2. The highest BCUT2D eigenvalue weighted by atomic mass is 16.6. The Hall–Kier alpha value is -1.62. The van der Waals surface area contributed by atoms with E-state index >= 15 is 0 Å². The lowest BCUT2D eigenvalue weighted by molar-refractivity contribution is -0.384. The predicted molar refractivity (Wildman–Crippen MR) is 64.9 cm³/mol. The van der Waals surface area contributed by atoms with Gasteiger partial charge in [-0.05, 0) is 25.1 Å². The van der Waals surface area contributed by atoms with Crippen LogP contribution in [-0.4, -0.2) is 24.6 Å². The van der Waals surface area contributed by atoms with Gasteiger partial charge in [0, 0.05) is 30.9 Å². The van der Waals surface area contributed by atoms with E-state index in [0.717, 1.165) is 30.9 Å². The Balaban J connectivity index is 2.62. The average Bonchev–Trinajstić information content (AvgIpc) is 2.23. The minimum Gasteiger partial charge on any atom is -0.384 e. The van der Waals surface area contributed by atoms with Gasteiger partial charge >= 0.3 is 0 Å². The van der Waals surface area contributed by atoms with Gasteiger partial charge in [-0.25, -0.2) is 0 Å². The summed E-state index contributed by atoms with van der Waals surface area (Å²) in [5.74, 6) is 0. The molecule has 0 atom stereocenters. The smallest absolute Gasteiger partial charge is 0.271 e. The van der Waals surface area contributed by atoms with E-state index in [4.69, 9.17) is 0 Å². The number of aryl methyl sites for hydroxylation is 1. The molecule has 0 aliphatic carbocycles. The molecule has 2 N–H and O–H groups in total. The lowest BCUT2D eigenvalue weighted by atomic mass is 10.2. The molecule has 0 aliphatic rings. The molecule has 0 radical (unpaired) electrons. The fraction of sp³-hybridized carbons (Fsp3) is 0.455. The highest BCUT2D eigenvalue weighted by Crippen LogP contribution is 2.19. The molecule has 0 bridgehead atoms. The molecule has 0 fully saturated rings. The van der Waals surface area contributed by atoms with Crippen molar-refractivity contribution in [2.45, 2.75) is 13.8 Å². The van der Waals surface area contributed by atoms with Gasteiger partial charge in [-0.3, -0.25) is 10.1 Å². The van der Waals surface area contributed by atoms with Crippen molar-refractivity contribution < 1.29 is 4.92 Å². The Morgan fingerprint density at radius 3 is 2.69 bits per heavy atom. The van der Waals surface area contributed by atoms with Crippen LogP contribution in [0.5, 0.6) is 0 Å². The number of rotatable bonds is 6. The fourth-order valence-electron chi connectivity index (χ4n) is 1.44. The van der Waals surface area contributed by atoms with E-state index in [1.54, 1.807) is 12.1 Å². The average molecular weight is 223 g/mol. The van der Waals surface area contributed by atoms with Crippen molar-refractivity contribution in [2.75, 3.05) is 25.0 Å². The highest BCUT2D eigenvalue weighted by molar-refractivity contribution is 5.53. The van der Waals surface area contributed by atoms with E-state index in [1.165, 1.54) is 0 Å². The predicted octanol–water partition coefficient (Wildman–Crippen LogP) is 1.92. The number of nitrogens with one attached hydrogen (secondary N) is 2. The van der Waals surface area contributed by atoms with Crippen LogP contribution in [0.15, 0.2) is 18.2 Å². The van der Waals surface area contributed by atoms with E-state index in [0.29, 0.717) is 0 Å². The van der Waals surface area contributed by atoms with Gasteiger partial charge in [0.1, 0.15) is 0 Å². The maximum Gasteiger partial charge on any atom is 0.271 e. The summed E-state index contributed by atoms with van der Waals surface area (Å²) in [5.41, 5.74) is 1.82. The molecule has 0 unspecified atom stereocenters. The highest BCUT2D eigenvalue weighted by Gasteiger charge is 2.07. The zero-order chi connectivity index (χ0) is 12.0. The Morgan fingerprint density at radius 2 is 2.06 bits per heavy atom. The van der Waals surface area contributed by atoms with Gasteiger partial charge in [-0.1, -0.05) is 6.92 Å². The molecule has 0 spiro atoms. The van der Waals surface area contributed by atoms with Gasteiger partial charge in [0.15, 0.2) is 0 Å². The van der Waals surface area contributed by atoms with Crippen molar-refractivity contribution in [1.29, 1.82) is 0 Å². The van der Waals surface area contributed by atoms with E-state index < -0.39 is 0 Å². The molecule has 1 rings (SSSR count). The van der Waals surface area contributed by atoms with Crippen molar-refractivity contribution in [2.24, 2.45) is 0 Å². The first-order valence-electron chi connectivity index (χ1n) is 5.34. The van der Waals surface area contributed by atoms with E-state index in [1.807, 2.05) is 19.9 Å². The SMILES string of the molecule is CCNCCNc1cc(C)cc([N+](=O)[O-])c1. The molecule has 5 heteroatoms. The Morgan fingerprint density at radius 1 is 1.31 bits per heavy atom. The summed E-state index contributed by atoms with van der Waals surface area (Å²) >= 11 is 0. The Bertz CT molecular complexity index is 366. The third-order valence-corrected chi connectivity index (χ3v) is 2.15. The topological polar surface area (TPSA) is 67.2 Å². The normalized spacial score (nSPS) is 10.1. The number of nitro benzene ring substituents is 1. The molecule has 88 valence electrons. The molecule has 0 saturated carbocycles. The fourth-order valence-corrected chi connectivity index (χ4v) is 1.44. The molecule has 0 heterocycles. The van der Waals surface area contributed by atoms with Crippen LogP contribution < -0.4 is 10.6 Å². The molecule has 0 aromatic heterocycles. The van der Waals surface area contributed by atoms with Crippen molar-refractivity contribution in [3.8, 4) is 0 Å². The third-order valence-electron chi connectivity index (χ3n) is 2.15. The first-order chi connectivity index (χ1) is 7.63. The minimum absolute atomic E-state index is 0.131. The van der Waals surface area contributed by atoms with Crippen molar-refractivity contribution in [3.05, 3.63) is 33.9 Å². The second-order valence-electron chi connectivity index (χ2n) is 3.59. The van der Waals surface area contributed by atoms with Gasteiger partial charge in [0.25, 0.3) is 5.69 Å². The molecule has 0 amide bonds. The molecule has 5 nitrogen and oxygen atoms in total. The van der Waals surface area contributed by atoms with Crippen LogP contribution in [0, 0.1) is 17.0 Å². The van der Waals surface area contributed by atoms with Gasteiger partial charge < -0.3 is 10.6 Å². The van der Waals surface area contributed by atoms with Crippen LogP contribution in [0.4, 0.5) is 11.4 Å². The summed E-state index contributed by atoms with van der Waals surface area (Å²) < 4.78 is 0. The van der Waals surface area contributed by atoms with E-state index in [2.05, 4.69) is 10.6 Å². The van der Waals surface area contributed by atoms with Crippen LogP contribution >= 0.6 is 0 Å². The number of hydrogen-bond acceptors (Lipinski definition) is 4. The van der Waals surface area contributed by atoms with Gasteiger partial charge in [-0.15, -0.1) is 0 Å². The second kappa shape index (κ2) is 6.07. The second-order valence-corrected chi connectivity index (χ2v) is 3.59. The maximum atomic E-state index is 10.6. The quantitative estimate of drug-likeness (QED) is 0.439. The monoisotopic (exact) mass is 223 g/mol. The van der Waals surface area contributed by atoms with Crippen molar-refractivity contribution in [1.82, 2.24) is 5.32 Å². The van der Waals surface area contributed by atoms with Crippen LogP contribution in [0.2, 0.25) is 0 Å². The first kappa shape index (κ1) is 12.4. The lowest BCUT2D eigenvalue weighted by Crippen LogP contribution is -2.21. The van der Waals surface area contributed by atoms with Gasteiger partial charge in [0.2, 0.25) is 0 Å².